The van der Waals surface area contributed by atoms with Crippen LogP contribution in [-0.2, 0) is 4.79 Å². The van der Waals surface area contributed by atoms with Crippen molar-refractivity contribution in [2.24, 2.45) is 0 Å². The number of hydrogen-bond acceptors (Lipinski definition) is 7. The summed E-state index contributed by atoms with van der Waals surface area (Å²) in [5.41, 5.74) is 0.628. The smallest absolute Gasteiger partial charge is 0.321 e. The molecule has 3 unspecified atom stereocenters. The number of rotatable bonds is 7. The minimum Gasteiger partial charge on any atom is -0.486 e. The van der Waals surface area contributed by atoms with Gasteiger partial charge in [-0.2, -0.15) is 0 Å². The molecule has 0 saturated carbocycles. The van der Waals surface area contributed by atoms with Gasteiger partial charge in [-0.3, -0.25) is 15.4 Å². The molecular weight excluding hydrogens is 376 g/mol. The molecule has 160 valence electrons. The van der Waals surface area contributed by atoms with E-state index < -0.39 is 0 Å². The van der Waals surface area contributed by atoms with Crippen molar-refractivity contribution in [2.75, 3.05) is 31.6 Å². The van der Waals surface area contributed by atoms with Crippen LogP contribution in [0.5, 0.6) is 11.5 Å². The van der Waals surface area contributed by atoms with Crippen molar-refractivity contribution in [3.8, 4) is 11.5 Å². The number of carbonyl (C=O) groups is 2. The lowest BCUT2D eigenvalue weighted by Gasteiger charge is -2.36. The molecule has 0 spiro atoms. The number of ether oxygens (including phenoxy) is 2. The van der Waals surface area contributed by atoms with Crippen molar-refractivity contribution >= 4 is 17.6 Å². The van der Waals surface area contributed by atoms with Crippen LogP contribution in [-0.4, -0.2) is 56.7 Å². The summed E-state index contributed by atoms with van der Waals surface area (Å²) in [6.07, 6.45) is 1.40. The predicted molar refractivity (Wildman–Crippen MR) is 109 cm³/mol. The Morgan fingerprint density at radius 2 is 1.93 bits per heavy atom. The molecule has 2 aliphatic rings. The van der Waals surface area contributed by atoms with Crippen molar-refractivity contribution in [1.82, 2.24) is 26.6 Å². The number of nitrogens with one attached hydrogen (secondary N) is 6. The third-order valence-electron chi connectivity index (χ3n) is 4.60. The van der Waals surface area contributed by atoms with Gasteiger partial charge in [-0.1, -0.05) is 0 Å². The fourth-order valence-electron chi connectivity index (χ4n) is 3.30. The van der Waals surface area contributed by atoms with Crippen molar-refractivity contribution in [3.63, 3.8) is 0 Å². The summed E-state index contributed by atoms with van der Waals surface area (Å²) in [6, 6.07) is 5.20. The molecule has 1 aromatic rings. The Bertz CT molecular complexity index is 716. The molecule has 0 aromatic heterocycles. The quantitative estimate of drug-likeness (QED) is 0.359. The van der Waals surface area contributed by atoms with Gasteiger partial charge >= 0.3 is 6.03 Å². The Labute approximate surface area is 170 Å². The average Bonchev–Trinajstić information content (AvgIpc) is 2.67. The maximum absolute atomic E-state index is 12.4. The fraction of sp³-hybridized carbons (Fsp3) is 0.579. The SMILES string of the molecule is CC(=O)NCCCNC1CC(C)NC(NC(=O)Nc2ccc3c(c2)OCCO3)N1. The van der Waals surface area contributed by atoms with Gasteiger partial charge in [0.15, 0.2) is 11.5 Å². The van der Waals surface area contributed by atoms with Crippen LogP contribution in [0.25, 0.3) is 0 Å². The monoisotopic (exact) mass is 406 g/mol. The van der Waals surface area contributed by atoms with E-state index in [0.29, 0.717) is 36.9 Å². The Kier molecular flexibility index (Phi) is 7.50. The first-order chi connectivity index (χ1) is 14.0. The lowest BCUT2D eigenvalue weighted by Crippen LogP contribution is -2.67. The van der Waals surface area contributed by atoms with Crippen LogP contribution in [0.15, 0.2) is 18.2 Å². The third kappa shape index (κ3) is 6.77. The van der Waals surface area contributed by atoms with Crippen molar-refractivity contribution in [3.05, 3.63) is 18.2 Å². The molecule has 6 N–H and O–H groups in total. The van der Waals surface area contributed by atoms with E-state index in [0.717, 1.165) is 19.4 Å². The molecule has 2 heterocycles. The zero-order valence-electron chi connectivity index (χ0n) is 16.8. The first kappa shape index (κ1) is 21.2. The van der Waals surface area contributed by atoms with Crippen LogP contribution >= 0.6 is 0 Å². The normalized spacial score (nSPS) is 23.2. The van der Waals surface area contributed by atoms with Gasteiger partial charge in [0.1, 0.15) is 19.5 Å². The Morgan fingerprint density at radius 3 is 2.72 bits per heavy atom. The van der Waals surface area contributed by atoms with E-state index in [2.05, 4.69) is 38.8 Å². The summed E-state index contributed by atoms with van der Waals surface area (Å²) in [5.74, 6) is 1.28. The number of fused-ring (bicyclic) bond motifs is 1. The molecule has 0 aliphatic carbocycles. The van der Waals surface area contributed by atoms with E-state index in [1.165, 1.54) is 6.92 Å². The topological polar surface area (TPSA) is 125 Å². The van der Waals surface area contributed by atoms with Gasteiger partial charge in [0.05, 0.1) is 6.17 Å². The van der Waals surface area contributed by atoms with E-state index in [9.17, 15) is 9.59 Å². The van der Waals surface area contributed by atoms with Crippen LogP contribution in [0.4, 0.5) is 10.5 Å². The molecule has 2 aliphatic heterocycles. The summed E-state index contributed by atoms with van der Waals surface area (Å²) in [5, 5.41) is 18.5. The second-order valence-electron chi connectivity index (χ2n) is 7.20. The highest BCUT2D eigenvalue weighted by molar-refractivity contribution is 5.89. The first-order valence-corrected chi connectivity index (χ1v) is 9.96. The molecule has 3 atom stereocenters. The summed E-state index contributed by atoms with van der Waals surface area (Å²) in [6.45, 7) is 6.01. The van der Waals surface area contributed by atoms with E-state index in [1.54, 1.807) is 18.2 Å². The van der Waals surface area contributed by atoms with E-state index >= 15 is 0 Å². The molecule has 1 fully saturated rings. The van der Waals surface area contributed by atoms with E-state index in [1.807, 2.05) is 0 Å². The van der Waals surface area contributed by atoms with Crippen LogP contribution in [0.3, 0.4) is 0 Å². The number of amides is 3. The van der Waals surface area contributed by atoms with Gasteiger partial charge in [-0.15, -0.1) is 0 Å². The summed E-state index contributed by atoms with van der Waals surface area (Å²) >= 11 is 0. The van der Waals surface area contributed by atoms with E-state index in [-0.39, 0.29) is 30.4 Å². The summed E-state index contributed by atoms with van der Waals surface area (Å²) < 4.78 is 11.0. The molecule has 29 heavy (non-hydrogen) atoms. The number of benzene rings is 1. The van der Waals surface area contributed by atoms with Gasteiger partial charge in [0, 0.05) is 31.3 Å². The number of anilines is 1. The number of urea groups is 1. The molecule has 10 heteroatoms. The van der Waals surface area contributed by atoms with Gasteiger partial charge in [-0.05, 0) is 38.4 Å². The van der Waals surface area contributed by atoms with Crippen LogP contribution < -0.4 is 41.4 Å². The minimum atomic E-state index is -0.371. The lowest BCUT2D eigenvalue weighted by molar-refractivity contribution is -0.118. The zero-order valence-corrected chi connectivity index (χ0v) is 16.8. The van der Waals surface area contributed by atoms with Crippen LogP contribution in [0.2, 0.25) is 0 Å². The molecule has 1 aromatic carbocycles. The lowest BCUT2D eigenvalue weighted by atomic mass is 10.1. The highest BCUT2D eigenvalue weighted by atomic mass is 16.6. The average molecular weight is 406 g/mol. The molecule has 0 radical (unpaired) electrons. The fourth-order valence-corrected chi connectivity index (χ4v) is 3.30. The Hall–Kier alpha value is -2.56. The highest BCUT2D eigenvalue weighted by Gasteiger charge is 2.25. The van der Waals surface area contributed by atoms with Crippen molar-refractivity contribution in [1.29, 1.82) is 0 Å². The third-order valence-corrected chi connectivity index (χ3v) is 4.60. The second-order valence-corrected chi connectivity index (χ2v) is 7.20. The molecule has 10 nitrogen and oxygen atoms in total. The predicted octanol–water partition coefficient (Wildman–Crippen LogP) is 0.276. The van der Waals surface area contributed by atoms with Gasteiger partial charge < -0.3 is 30.7 Å². The largest absolute Gasteiger partial charge is 0.486 e. The molecule has 3 rings (SSSR count). The van der Waals surface area contributed by atoms with Gasteiger partial charge in [0.2, 0.25) is 5.91 Å². The number of hydrogen-bond donors (Lipinski definition) is 6. The van der Waals surface area contributed by atoms with Crippen LogP contribution in [0.1, 0.15) is 26.7 Å². The van der Waals surface area contributed by atoms with Crippen LogP contribution in [0, 0.1) is 0 Å². The molecule has 1 saturated heterocycles. The maximum atomic E-state index is 12.4. The zero-order chi connectivity index (χ0) is 20.6. The summed E-state index contributed by atoms with van der Waals surface area (Å²) in [4.78, 5) is 23.3. The number of carbonyl (C=O) groups excluding carboxylic acids is 2. The van der Waals surface area contributed by atoms with E-state index in [4.69, 9.17) is 9.47 Å². The maximum Gasteiger partial charge on any atom is 0.321 e. The van der Waals surface area contributed by atoms with Crippen molar-refractivity contribution < 1.29 is 19.1 Å². The molecule has 3 amide bonds. The summed E-state index contributed by atoms with van der Waals surface area (Å²) in [7, 11) is 0. The van der Waals surface area contributed by atoms with Gasteiger partial charge in [0.25, 0.3) is 0 Å². The molecular formula is C19H30N6O4. The first-order valence-electron chi connectivity index (χ1n) is 9.96. The van der Waals surface area contributed by atoms with Crippen molar-refractivity contribution in [2.45, 2.75) is 45.2 Å². The Balaban J connectivity index is 1.43. The Morgan fingerprint density at radius 1 is 1.14 bits per heavy atom. The minimum absolute atomic E-state index is 0.0214. The standard InChI is InChI=1S/C19H30N6O4/c1-12-10-17(21-7-3-6-20-13(2)26)24-18(22-12)25-19(27)23-14-4-5-15-16(11-14)29-9-8-28-15/h4-5,11-12,17-18,21-22,24H,3,6-10H2,1-2H3,(H,20,26)(H2,23,25,27). The molecule has 0 bridgehead atoms. The highest BCUT2D eigenvalue weighted by Crippen LogP contribution is 2.32. The van der Waals surface area contributed by atoms with Gasteiger partial charge in [-0.25, -0.2) is 4.79 Å². The second kappa shape index (κ2) is 10.3.